The van der Waals surface area contributed by atoms with Gasteiger partial charge < -0.3 is 24.7 Å². The smallest absolute Gasteiger partial charge is 0.364 e. The molecule has 5 nitrogen and oxygen atoms in total. The van der Waals surface area contributed by atoms with Gasteiger partial charge in [0.15, 0.2) is 0 Å². The molecule has 1 aliphatic rings. The molecule has 1 aliphatic heterocycles. The Kier molecular flexibility index (Phi) is 4.17. The Morgan fingerprint density at radius 1 is 0.864 bits per heavy atom. The van der Waals surface area contributed by atoms with E-state index in [9.17, 15) is 0 Å². The second-order valence-corrected chi connectivity index (χ2v) is 8.04. The van der Waals surface area contributed by atoms with Crippen LogP contribution in [0, 0.1) is 0 Å². The highest BCUT2D eigenvalue weighted by molar-refractivity contribution is 6.67. The summed E-state index contributed by atoms with van der Waals surface area (Å²) in [6.07, 6.45) is 1.37. The van der Waals surface area contributed by atoms with Crippen molar-refractivity contribution in [2.45, 2.75) is 24.9 Å². The number of hydrogen-bond acceptors (Lipinski definition) is 5. The van der Waals surface area contributed by atoms with Crippen LogP contribution >= 0.6 is 0 Å². The van der Waals surface area contributed by atoms with Crippen LogP contribution < -0.4 is 20.3 Å². The van der Waals surface area contributed by atoms with Gasteiger partial charge in [-0.1, -0.05) is 36.4 Å². The van der Waals surface area contributed by atoms with Crippen molar-refractivity contribution in [3.8, 4) is 11.5 Å². The summed E-state index contributed by atoms with van der Waals surface area (Å²) in [7, 11) is -2.78. The first-order valence-corrected chi connectivity index (χ1v) is 9.60. The Labute approximate surface area is 131 Å². The third-order valence-electron chi connectivity index (χ3n) is 3.43. The fourth-order valence-corrected chi connectivity index (χ4v) is 4.07. The molecule has 116 valence electrons. The van der Waals surface area contributed by atoms with Gasteiger partial charge in [0.2, 0.25) is 0 Å². The van der Waals surface area contributed by atoms with Crippen molar-refractivity contribution in [3.05, 3.63) is 60.7 Å². The predicted molar refractivity (Wildman–Crippen MR) is 86.1 cm³/mol. The molecule has 3 rings (SSSR count). The van der Waals surface area contributed by atoms with Crippen LogP contribution in [-0.2, 0) is 4.43 Å². The van der Waals surface area contributed by atoms with E-state index in [1.165, 1.54) is 0 Å². The van der Waals surface area contributed by atoms with E-state index < -0.39 is 14.6 Å². The molecule has 0 amide bonds. The molecular formula is C16H20N2O3Si. The maximum Gasteiger partial charge on any atom is 0.364 e. The number of hydrogen-bond donors (Lipinski definition) is 2. The molecule has 0 bridgehead atoms. The van der Waals surface area contributed by atoms with Crippen LogP contribution in [0.4, 0.5) is 0 Å². The zero-order valence-corrected chi connectivity index (χ0v) is 13.3. The number of nitrogens with two attached hydrogens (primary N) is 2. The summed E-state index contributed by atoms with van der Waals surface area (Å²) in [6.45, 7) is 0. The van der Waals surface area contributed by atoms with Gasteiger partial charge in [-0.25, -0.2) is 0 Å². The minimum Gasteiger partial charge on any atom is -0.431 e. The molecular weight excluding hydrogens is 296 g/mol. The van der Waals surface area contributed by atoms with Gasteiger partial charge >= 0.3 is 14.6 Å². The normalized spacial score (nSPS) is 19.4. The van der Waals surface area contributed by atoms with Crippen molar-refractivity contribution in [2.75, 3.05) is 0 Å². The minimum absolute atomic E-state index is 0.569. The van der Waals surface area contributed by atoms with Crippen LogP contribution in [0.1, 0.15) is 12.8 Å². The molecule has 0 aromatic heterocycles. The fourth-order valence-electron chi connectivity index (χ4n) is 2.47. The van der Waals surface area contributed by atoms with Crippen LogP contribution in [0.5, 0.6) is 11.5 Å². The monoisotopic (exact) mass is 316 g/mol. The highest BCUT2D eigenvalue weighted by Gasteiger charge is 2.48. The molecule has 6 heteroatoms. The lowest BCUT2D eigenvalue weighted by Crippen LogP contribution is -2.68. The quantitative estimate of drug-likeness (QED) is 0.669. The molecule has 0 atom stereocenters. The topological polar surface area (TPSA) is 79.7 Å². The number of rotatable bonds is 4. The van der Waals surface area contributed by atoms with E-state index in [4.69, 9.17) is 24.7 Å². The largest absolute Gasteiger partial charge is 0.431 e. The maximum atomic E-state index is 6.10. The maximum absolute atomic E-state index is 6.10. The third-order valence-corrected chi connectivity index (χ3v) is 5.26. The first kappa shape index (κ1) is 15.0. The minimum atomic E-state index is -2.78. The van der Waals surface area contributed by atoms with Crippen molar-refractivity contribution in [2.24, 2.45) is 10.8 Å². The summed E-state index contributed by atoms with van der Waals surface area (Å²) in [5.41, 5.74) is 0. The van der Waals surface area contributed by atoms with Gasteiger partial charge in [0.05, 0.1) is 6.42 Å². The second kappa shape index (κ2) is 6.10. The van der Waals surface area contributed by atoms with E-state index in [0.717, 1.165) is 6.42 Å². The van der Waals surface area contributed by atoms with Crippen LogP contribution in [0.25, 0.3) is 0 Å². The number of para-hydroxylation sites is 2. The molecule has 0 radical (unpaired) electrons. The molecule has 1 heterocycles. The highest BCUT2D eigenvalue weighted by Crippen LogP contribution is 2.34. The van der Waals surface area contributed by atoms with Crippen LogP contribution in [0.15, 0.2) is 60.7 Å². The Bertz CT molecular complexity index is 566. The summed E-state index contributed by atoms with van der Waals surface area (Å²) in [5.74, 6) is 0.0479. The van der Waals surface area contributed by atoms with Gasteiger partial charge in [-0.2, -0.15) is 0 Å². The molecule has 0 aliphatic carbocycles. The average molecular weight is 316 g/mol. The van der Waals surface area contributed by atoms with Crippen molar-refractivity contribution < 1.29 is 13.9 Å². The van der Waals surface area contributed by atoms with Gasteiger partial charge in [-0.15, -0.1) is 0 Å². The molecule has 2 aromatic rings. The first-order valence-electron chi connectivity index (χ1n) is 7.33. The highest BCUT2D eigenvalue weighted by atomic mass is 28.4. The molecule has 0 saturated carbocycles. The average Bonchev–Trinajstić information content (AvgIpc) is 2.48. The molecule has 4 N–H and O–H groups in total. The molecule has 2 aromatic carbocycles. The van der Waals surface area contributed by atoms with Crippen molar-refractivity contribution in [1.29, 1.82) is 0 Å². The molecule has 22 heavy (non-hydrogen) atoms. The van der Waals surface area contributed by atoms with Crippen molar-refractivity contribution in [1.82, 2.24) is 0 Å². The Balaban J connectivity index is 1.88. The first-order chi connectivity index (χ1) is 10.6. The summed E-state index contributed by atoms with van der Waals surface area (Å²) < 4.78 is 17.9. The van der Waals surface area contributed by atoms with Gasteiger partial charge in [0.25, 0.3) is 0 Å². The van der Waals surface area contributed by atoms with Gasteiger partial charge in [-0.3, -0.25) is 0 Å². The lowest BCUT2D eigenvalue weighted by Gasteiger charge is -2.41. The van der Waals surface area contributed by atoms with E-state index in [2.05, 4.69) is 0 Å². The van der Waals surface area contributed by atoms with Crippen molar-refractivity contribution in [3.63, 3.8) is 0 Å². The predicted octanol–water partition coefficient (Wildman–Crippen LogP) is 2.46. The van der Waals surface area contributed by atoms with E-state index in [0.29, 0.717) is 24.0 Å². The van der Waals surface area contributed by atoms with Crippen LogP contribution in [-0.4, -0.2) is 14.6 Å². The fraction of sp³-hybridized carbons (Fsp3) is 0.250. The van der Waals surface area contributed by atoms with E-state index in [1.54, 1.807) is 0 Å². The summed E-state index contributed by atoms with van der Waals surface area (Å²) in [6, 6.07) is 19.5. The van der Waals surface area contributed by atoms with Gasteiger partial charge in [0.1, 0.15) is 11.5 Å². The summed E-state index contributed by atoms with van der Waals surface area (Å²) in [5, 5.41) is 12.2. The Morgan fingerprint density at radius 2 is 1.36 bits per heavy atom. The van der Waals surface area contributed by atoms with Crippen molar-refractivity contribution >= 4 is 8.64 Å². The van der Waals surface area contributed by atoms with E-state index in [1.807, 2.05) is 60.7 Å². The molecule has 0 unspecified atom stereocenters. The zero-order chi connectivity index (χ0) is 15.5. The molecule has 1 saturated heterocycles. The second-order valence-electron chi connectivity index (χ2n) is 5.42. The standard InChI is InChI=1S/C16H20N2O3Si/c17-22(18)13-7-12-16(21-22,19-14-8-3-1-4-9-14)20-15-10-5-2-6-11-15/h1-6,8-11H,7,12-13,17-18H2. The zero-order valence-electron chi connectivity index (χ0n) is 12.3. The lowest BCUT2D eigenvalue weighted by molar-refractivity contribution is -0.269. The van der Waals surface area contributed by atoms with Crippen LogP contribution in [0.2, 0.25) is 6.04 Å². The van der Waals surface area contributed by atoms with Gasteiger partial charge in [0, 0.05) is 0 Å². The van der Waals surface area contributed by atoms with Crippen LogP contribution in [0.3, 0.4) is 0 Å². The summed E-state index contributed by atoms with van der Waals surface area (Å²) >= 11 is 0. The third kappa shape index (κ3) is 3.66. The SMILES string of the molecule is N[Si]1(N)CCCC(Oc2ccccc2)(Oc2ccccc2)O1. The number of benzene rings is 2. The van der Waals surface area contributed by atoms with Gasteiger partial charge in [-0.05, 0) is 36.7 Å². The Hall–Kier alpha value is -1.86. The molecule has 0 spiro atoms. The van der Waals surface area contributed by atoms with E-state index >= 15 is 0 Å². The Morgan fingerprint density at radius 3 is 1.82 bits per heavy atom. The number of ether oxygens (including phenoxy) is 2. The summed E-state index contributed by atoms with van der Waals surface area (Å²) in [4.78, 5) is 0. The molecule has 1 fully saturated rings. The lowest BCUT2D eigenvalue weighted by atomic mass is 10.2. The van der Waals surface area contributed by atoms with E-state index in [-0.39, 0.29) is 0 Å².